The number of rotatable bonds is 4. The lowest BCUT2D eigenvalue weighted by Crippen LogP contribution is -2.47. The van der Waals surface area contributed by atoms with E-state index < -0.39 is 6.04 Å². The maximum atomic E-state index is 11.4. The molecule has 0 radical (unpaired) electrons. The third kappa shape index (κ3) is 3.87. The number of nitrogens with one attached hydrogen (secondary N) is 1. The van der Waals surface area contributed by atoms with Crippen molar-refractivity contribution in [3.63, 3.8) is 0 Å². The van der Waals surface area contributed by atoms with Gasteiger partial charge < -0.3 is 15.0 Å². The van der Waals surface area contributed by atoms with Crippen LogP contribution in [0.25, 0.3) is 0 Å². The summed E-state index contributed by atoms with van der Waals surface area (Å²) in [7, 11) is 1.33. The summed E-state index contributed by atoms with van der Waals surface area (Å²) in [5.41, 5.74) is 0. The number of ether oxygens (including phenoxy) is 1. The number of amides is 1. The van der Waals surface area contributed by atoms with Crippen LogP contribution in [0.2, 0.25) is 0 Å². The van der Waals surface area contributed by atoms with Crippen LogP contribution in [0.15, 0.2) is 0 Å². The molecular formula is C10H18N2O3. The molecule has 0 spiro atoms. The molecule has 1 aliphatic rings. The molecule has 1 aliphatic heterocycles. The van der Waals surface area contributed by atoms with Gasteiger partial charge in [0.25, 0.3) is 0 Å². The zero-order valence-electron chi connectivity index (χ0n) is 9.28. The summed E-state index contributed by atoms with van der Waals surface area (Å²) in [6.07, 6.45) is 2.32. The van der Waals surface area contributed by atoms with E-state index in [9.17, 15) is 9.59 Å². The minimum Gasteiger partial charge on any atom is -0.467 e. The Balaban J connectivity index is 2.47. The molecule has 0 saturated carbocycles. The Hall–Kier alpha value is -1.10. The zero-order valence-corrected chi connectivity index (χ0v) is 9.28. The van der Waals surface area contributed by atoms with Gasteiger partial charge in [-0.1, -0.05) is 0 Å². The number of methoxy groups -OCH3 is 1. The average molecular weight is 214 g/mol. The van der Waals surface area contributed by atoms with E-state index in [1.54, 1.807) is 0 Å². The Kier molecular flexibility index (Phi) is 4.55. The molecule has 5 heteroatoms. The molecule has 1 atom stereocenters. The van der Waals surface area contributed by atoms with Crippen LogP contribution >= 0.6 is 0 Å². The van der Waals surface area contributed by atoms with Gasteiger partial charge in [-0.05, 0) is 25.9 Å². The van der Waals surface area contributed by atoms with E-state index in [4.69, 9.17) is 0 Å². The fourth-order valence-corrected chi connectivity index (χ4v) is 1.79. The number of carbonyl (C=O) groups excluding carboxylic acids is 2. The second-order valence-corrected chi connectivity index (χ2v) is 3.78. The third-order valence-corrected chi connectivity index (χ3v) is 2.50. The van der Waals surface area contributed by atoms with Crippen molar-refractivity contribution in [2.45, 2.75) is 25.8 Å². The minimum atomic E-state index is -0.536. The van der Waals surface area contributed by atoms with Crippen LogP contribution in [0.4, 0.5) is 0 Å². The van der Waals surface area contributed by atoms with Gasteiger partial charge in [0, 0.05) is 13.5 Å². The lowest BCUT2D eigenvalue weighted by Gasteiger charge is -2.21. The van der Waals surface area contributed by atoms with Gasteiger partial charge in [0.15, 0.2) is 0 Å². The molecular weight excluding hydrogens is 196 g/mol. The lowest BCUT2D eigenvalue weighted by atomic mass is 10.2. The van der Waals surface area contributed by atoms with E-state index >= 15 is 0 Å². The molecule has 1 amide bonds. The zero-order chi connectivity index (χ0) is 11.3. The van der Waals surface area contributed by atoms with Gasteiger partial charge in [-0.15, -0.1) is 0 Å². The molecule has 1 rings (SSSR count). The second-order valence-electron chi connectivity index (χ2n) is 3.78. The van der Waals surface area contributed by atoms with Gasteiger partial charge in [0.1, 0.15) is 6.04 Å². The van der Waals surface area contributed by atoms with E-state index in [-0.39, 0.29) is 11.9 Å². The summed E-state index contributed by atoms with van der Waals surface area (Å²) in [5.74, 6) is -0.582. The Morgan fingerprint density at radius 1 is 1.40 bits per heavy atom. The van der Waals surface area contributed by atoms with E-state index in [0.717, 1.165) is 25.9 Å². The number of hydrogen-bond donors (Lipinski definition) is 1. The maximum Gasteiger partial charge on any atom is 0.329 e. The van der Waals surface area contributed by atoms with Gasteiger partial charge in [0.05, 0.1) is 7.11 Å². The Bertz CT molecular complexity index is 237. The number of likely N-dealkylation sites (tertiary alicyclic amines) is 1. The molecule has 0 aliphatic carbocycles. The highest BCUT2D eigenvalue weighted by atomic mass is 16.5. The van der Waals surface area contributed by atoms with Crippen molar-refractivity contribution in [3.05, 3.63) is 0 Å². The molecule has 5 nitrogen and oxygen atoms in total. The van der Waals surface area contributed by atoms with Crippen LogP contribution in [-0.4, -0.2) is 49.6 Å². The first kappa shape index (κ1) is 12.0. The Morgan fingerprint density at radius 2 is 2.00 bits per heavy atom. The highest BCUT2D eigenvalue weighted by Gasteiger charge is 2.24. The summed E-state index contributed by atoms with van der Waals surface area (Å²) in [6, 6.07) is -0.536. The van der Waals surface area contributed by atoms with Crippen LogP contribution < -0.4 is 5.32 Å². The molecule has 1 saturated heterocycles. The molecule has 0 aromatic carbocycles. The fraction of sp³-hybridized carbons (Fsp3) is 0.800. The summed E-state index contributed by atoms with van der Waals surface area (Å²) in [4.78, 5) is 24.4. The van der Waals surface area contributed by atoms with Crippen molar-refractivity contribution >= 4 is 11.9 Å². The summed E-state index contributed by atoms with van der Waals surface area (Å²) in [5, 5.41) is 2.60. The van der Waals surface area contributed by atoms with Gasteiger partial charge in [-0.25, -0.2) is 4.79 Å². The summed E-state index contributed by atoms with van der Waals surface area (Å²) < 4.78 is 4.64. The number of hydrogen-bond acceptors (Lipinski definition) is 4. The first-order chi connectivity index (χ1) is 7.13. The monoisotopic (exact) mass is 214 g/mol. The second kappa shape index (κ2) is 5.70. The van der Waals surface area contributed by atoms with Crippen LogP contribution in [0.5, 0.6) is 0 Å². The van der Waals surface area contributed by atoms with Crippen molar-refractivity contribution in [1.82, 2.24) is 10.2 Å². The Morgan fingerprint density at radius 3 is 2.47 bits per heavy atom. The molecule has 0 aromatic heterocycles. The van der Waals surface area contributed by atoms with Crippen molar-refractivity contribution < 1.29 is 14.3 Å². The lowest BCUT2D eigenvalue weighted by molar-refractivity contribution is -0.145. The molecule has 1 heterocycles. The molecule has 15 heavy (non-hydrogen) atoms. The first-order valence-corrected chi connectivity index (χ1v) is 5.20. The normalized spacial score (nSPS) is 18.5. The van der Waals surface area contributed by atoms with Crippen molar-refractivity contribution in [1.29, 1.82) is 0 Å². The predicted molar refractivity (Wildman–Crippen MR) is 55.3 cm³/mol. The highest BCUT2D eigenvalue weighted by molar-refractivity contribution is 5.83. The molecule has 0 aromatic rings. The molecule has 86 valence electrons. The van der Waals surface area contributed by atoms with E-state index in [1.165, 1.54) is 14.0 Å². The number of carbonyl (C=O) groups is 2. The smallest absolute Gasteiger partial charge is 0.329 e. The SMILES string of the molecule is COC(=O)C(CN1CCCC1)NC(C)=O. The topological polar surface area (TPSA) is 58.6 Å². The van der Waals surface area contributed by atoms with Crippen molar-refractivity contribution in [3.8, 4) is 0 Å². The standard InChI is InChI=1S/C10H18N2O3/c1-8(13)11-9(10(14)15-2)7-12-5-3-4-6-12/h9H,3-7H2,1-2H3,(H,11,13). The first-order valence-electron chi connectivity index (χ1n) is 5.20. The van der Waals surface area contributed by atoms with Crippen LogP contribution in [-0.2, 0) is 14.3 Å². The van der Waals surface area contributed by atoms with Crippen LogP contribution in [0.1, 0.15) is 19.8 Å². The third-order valence-electron chi connectivity index (χ3n) is 2.50. The summed E-state index contributed by atoms with van der Waals surface area (Å²) >= 11 is 0. The summed E-state index contributed by atoms with van der Waals surface area (Å²) in [6.45, 7) is 3.94. The Labute approximate surface area is 89.8 Å². The van der Waals surface area contributed by atoms with Gasteiger partial charge in [-0.2, -0.15) is 0 Å². The number of nitrogens with zero attached hydrogens (tertiary/aromatic N) is 1. The van der Waals surface area contributed by atoms with Gasteiger partial charge >= 0.3 is 5.97 Å². The van der Waals surface area contributed by atoms with Crippen LogP contribution in [0, 0.1) is 0 Å². The van der Waals surface area contributed by atoms with E-state index in [1.807, 2.05) is 0 Å². The van der Waals surface area contributed by atoms with E-state index in [0.29, 0.717) is 6.54 Å². The minimum absolute atomic E-state index is 0.204. The number of esters is 1. The molecule has 1 unspecified atom stereocenters. The quantitative estimate of drug-likeness (QED) is 0.656. The molecule has 0 bridgehead atoms. The fourth-order valence-electron chi connectivity index (χ4n) is 1.79. The molecule has 1 N–H and O–H groups in total. The van der Waals surface area contributed by atoms with E-state index in [2.05, 4.69) is 15.0 Å². The molecule has 1 fully saturated rings. The van der Waals surface area contributed by atoms with Crippen LogP contribution in [0.3, 0.4) is 0 Å². The largest absolute Gasteiger partial charge is 0.467 e. The van der Waals surface area contributed by atoms with Gasteiger partial charge in [0.2, 0.25) is 5.91 Å². The average Bonchev–Trinajstić information content (AvgIpc) is 2.67. The van der Waals surface area contributed by atoms with Gasteiger partial charge in [-0.3, -0.25) is 4.79 Å². The highest BCUT2D eigenvalue weighted by Crippen LogP contribution is 2.08. The van der Waals surface area contributed by atoms with Crippen molar-refractivity contribution in [2.24, 2.45) is 0 Å². The predicted octanol–water partition coefficient (Wildman–Crippen LogP) is -0.240. The van der Waals surface area contributed by atoms with Crippen molar-refractivity contribution in [2.75, 3.05) is 26.7 Å². The maximum absolute atomic E-state index is 11.4.